The predicted octanol–water partition coefficient (Wildman–Crippen LogP) is 3.39. The van der Waals surface area contributed by atoms with E-state index in [2.05, 4.69) is 4.74 Å². The molecule has 1 aliphatic carbocycles. The van der Waals surface area contributed by atoms with Crippen LogP contribution in [0.15, 0.2) is 42.5 Å². The molecule has 0 aliphatic heterocycles. The summed E-state index contributed by atoms with van der Waals surface area (Å²) in [5, 5.41) is 0. The lowest BCUT2D eigenvalue weighted by Gasteiger charge is -2.13. The van der Waals surface area contributed by atoms with Crippen LogP contribution in [0.1, 0.15) is 55.5 Å². The zero-order valence-electron chi connectivity index (χ0n) is 14.8. The van der Waals surface area contributed by atoms with Gasteiger partial charge in [0.25, 0.3) is 0 Å². The number of rotatable bonds is 5. The highest BCUT2D eigenvalue weighted by molar-refractivity contribution is 6.01. The highest BCUT2D eigenvalue weighted by Gasteiger charge is 2.22. The fourth-order valence-corrected chi connectivity index (χ4v) is 3.10. The van der Waals surface area contributed by atoms with Crippen molar-refractivity contribution < 1.29 is 23.9 Å². The van der Waals surface area contributed by atoms with Gasteiger partial charge in [-0.25, -0.2) is 9.59 Å². The molecule has 0 fully saturated rings. The van der Waals surface area contributed by atoms with Crippen LogP contribution in [-0.4, -0.2) is 30.9 Å². The minimum atomic E-state index is -0.887. The standard InChI is InChI=1S/C21H20O5/c1-13(19(22)18-11-6-14-4-3-5-17(14)12-18)26-21(24)16-9-7-15(8-10-16)20(23)25-2/h6-13H,3-5H2,1-2H3. The van der Waals surface area contributed by atoms with Gasteiger partial charge < -0.3 is 9.47 Å². The fraction of sp³-hybridized carbons (Fsp3) is 0.286. The van der Waals surface area contributed by atoms with E-state index < -0.39 is 18.0 Å². The van der Waals surface area contributed by atoms with E-state index in [1.165, 1.54) is 42.5 Å². The number of aryl methyl sites for hydroxylation is 2. The monoisotopic (exact) mass is 352 g/mol. The number of carbonyl (C=O) groups is 3. The smallest absolute Gasteiger partial charge is 0.338 e. The first kappa shape index (κ1) is 17.9. The molecule has 26 heavy (non-hydrogen) atoms. The van der Waals surface area contributed by atoms with Gasteiger partial charge in [-0.05, 0) is 67.6 Å². The van der Waals surface area contributed by atoms with Crippen LogP contribution in [0.25, 0.3) is 0 Å². The molecule has 0 aromatic heterocycles. The van der Waals surface area contributed by atoms with Gasteiger partial charge in [0.1, 0.15) is 0 Å². The summed E-state index contributed by atoms with van der Waals surface area (Å²) in [6.07, 6.45) is 2.26. The molecule has 0 N–H and O–H groups in total. The Hall–Kier alpha value is -2.95. The number of benzene rings is 2. The van der Waals surface area contributed by atoms with Crippen LogP contribution >= 0.6 is 0 Å². The Bertz CT molecular complexity index is 851. The number of hydrogen-bond acceptors (Lipinski definition) is 5. The molecule has 0 saturated carbocycles. The van der Waals surface area contributed by atoms with Crippen molar-refractivity contribution in [3.05, 3.63) is 70.3 Å². The van der Waals surface area contributed by atoms with Gasteiger partial charge >= 0.3 is 11.9 Å². The van der Waals surface area contributed by atoms with E-state index in [9.17, 15) is 14.4 Å². The lowest BCUT2D eigenvalue weighted by atomic mass is 10.0. The quantitative estimate of drug-likeness (QED) is 0.609. The molecule has 1 aliphatic rings. The minimum Gasteiger partial charge on any atom is -0.465 e. The van der Waals surface area contributed by atoms with Crippen molar-refractivity contribution in [2.45, 2.75) is 32.3 Å². The summed E-state index contributed by atoms with van der Waals surface area (Å²) in [6.45, 7) is 1.57. The van der Waals surface area contributed by atoms with Crippen molar-refractivity contribution in [2.75, 3.05) is 7.11 Å². The van der Waals surface area contributed by atoms with Crippen molar-refractivity contribution in [2.24, 2.45) is 0 Å². The normalized spacial score (nSPS) is 13.6. The lowest BCUT2D eigenvalue weighted by molar-refractivity contribution is 0.0318. The molecule has 0 bridgehead atoms. The Morgan fingerprint density at radius 3 is 2.08 bits per heavy atom. The Labute approximate surface area is 151 Å². The summed E-state index contributed by atoms with van der Waals surface area (Å²) >= 11 is 0. The molecule has 2 aromatic rings. The van der Waals surface area contributed by atoms with Crippen LogP contribution in [0, 0.1) is 0 Å². The second kappa shape index (κ2) is 7.52. The molecule has 5 heteroatoms. The fourth-order valence-electron chi connectivity index (χ4n) is 3.10. The van der Waals surface area contributed by atoms with Crippen molar-refractivity contribution in [1.29, 1.82) is 0 Å². The summed E-state index contributed by atoms with van der Waals surface area (Å²) in [6, 6.07) is 11.6. The largest absolute Gasteiger partial charge is 0.465 e. The Morgan fingerprint density at radius 1 is 0.846 bits per heavy atom. The molecule has 5 nitrogen and oxygen atoms in total. The maximum Gasteiger partial charge on any atom is 0.338 e. The molecular formula is C21H20O5. The zero-order valence-corrected chi connectivity index (χ0v) is 14.8. The van der Waals surface area contributed by atoms with Gasteiger partial charge in [0.05, 0.1) is 18.2 Å². The summed E-state index contributed by atoms with van der Waals surface area (Å²) in [5.74, 6) is -1.31. The molecular weight excluding hydrogens is 332 g/mol. The van der Waals surface area contributed by atoms with E-state index in [0.29, 0.717) is 11.1 Å². The number of esters is 2. The van der Waals surface area contributed by atoms with E-state index in [1.54, 1.807) is 13.0 Å². The molecule has 0 radical (unpaired) electrons. The molecule has 2 aromatic carbocycles. The van der Waals surface area contributed by atoms with Crippen molar-refractivity contribution in [3.63, 3.8) is 0 Å². The second-order valence-corrected chi connectivity index (χ2v) is 6.32. The summed E-state index contributed by atoms with van der Waals surface area (Å²) in [4.78, 5) is 36.2. The number of fused-ring (bicyclic) bond motifs is 1. The molecule has 0 spiro atoms. The Balaban J connectivity index is 1.67. The number of ketones is 1. The van der Waals surface area contributed by atoms with Crippen molar-refractivity contribution in [1.82, 2.24) is 0 Å². The van der Waals surface area contributed by atoms with Gasteiger partial charge in [0, 0.05) is 5.56 Å². The second-order valence-electron chi connectivity index (χ2n) is 6.32. The molecule has 0 amide bonds. The van der Waals surface area contributed by atoms with Gasteiger partial charge in [-0.1, -0.05) is 12.1 Å². The first-order valence-corrected chi connectivity index (χ1v) is 8.55. The Morgan fingerprint density at radius 2 is 1.42 bits per heavy atom. The van der Waals surface area contributed by atoms with E-state index in [0.717, 1.165) is 19.3 Å². The molecule has 3 rings (SSSR count). The number of ether oxygens (including phenoxy) is 2. The molecule has 134 valence electrons. The van der Waals surface area contributed by atoms with E-state index in [-0.39, 0.29) is 11.3 Å². The first-order chi connectivity index (χ1) is 12.5. The van der Waals surface area contributed by atoms with Gasteiger partial charge in [0.15, 0.2) is 6.10 Å². The van der Waals surface area contributed by atoms with Gasteiger partial charge in [-0.15, -0.1) is 0 Å². The van der Waals surface area contributed by atoms with Gasteiger partial charge in [-0.2, -0.15) is 0 Å². The molecule has 1 unspecified atom stereocenters. The first-order valence-electron chi connectivity index (χ1n) is 8.55. The van der Waals surface area contributed by atoms with Crippen LogP contribution in [0.3, 0.4) is 0 Å². The number of Topliss-reactive ketones (excluding diaryl/α,β-unsaturated/α-hetero) is 1. The molecule has 1 atom stereocenters. The van der Waals surface area contributed by atoms with Gasteiger partial charge in [-0.3, -0.25) is 4.79 Å². The predicted molar refractivity (Wildman–Crippen MR) is 95.5 cm³/mol. The summed E-state index contributed by atoms with van der Waals surface area (Å²) < 4.78 is 9.91. The van der Waals surface area contributed by atoms with Crippen molar-refractivity contribution >= 4 is 17.7 Å². The number of methoxy groups -OCH3 is 1. The lowest BCUT2D eigenvalue weighted by Crippen LogP contribution is -2.24. The van der Waals surface area contributed by atoms with Crippen LogP contribution in [0.2, 0.25) is 0 Å². The summed E-state index contributed by atoms with van der Waals surface area (Å²) in [7, 11) is 1.29. The van der Waals surface area contributed by atoms with Gasteiger partial charge in [0.2, 0.25) is 5.78 Å². The van der Waals surface area contributed by atoms with Crippen LogP contribution < -0.4 is 0 Å². The SMILES string of the molecule is COC(=O)c1ccc(C(=O)OC(C)C(=O)c2ccc3c(c2)CCC3)cc1. The maximum atomic E-state index is 12.6. The van der Waals surface area contributed by atoms with Crippen LogP contribution in [-0.2, 0) is 22.3 Å². The topological polar surface area (TPSA) is 69.7 Å². The van der Waals surface area contributed by atoms with Crippen LogP contribution in [0.4, 0.5) is 0 Å². The minimum absolute atomic E-state index is 0.223. The highest BCUT2D eigenvalue weighted by atomic mass is 16.5. The third-order valence-corrected chi connectivity index (χ3v) is 4.58. The third-order valence-electron chi connectivity index (χ3n) is 4.58. The van der Waals surface area contributed by atoms with E-state index >= 15 is 0 Å². The zero-order chi connectivity index (χ0) is 18.7. The number of carbonyl (C=O) groups excluding carboxylic acids is 3. The van der Waals surface area contributed by atoms with Crippen LogP contribution in [0.5, 0.6) is 0 Å². The summed E-state index contributed by atoms with van der Waals surface area (Å²) in [5.41, 5.74) is 3.66. The van der Waals surface area contributed by atoms with E-state index in [1.807, 2.05) is 12.1 Å². The number of hydrogen-bond donors (Lipinski definition) is 0. The Kier molecular flexibility index (Phi) is 5.16. The molecule has 0 heterocycles. The van der Waals surface area contributed by atoms with E-state index in [4.69, 9.17) is 4.74 Å². The average molecular weight is 352 g/mol. The third kappa shape index (κ3) is 3.67. The average Bonchev–Trinajstić information content (AvgIpc) is 3.14. The maximum absolute atomic E-state index is 12.6. The highest BCUT2D eigenvalue weighted by Crippen LogP contribution is 2.23. The van der Waals surface area contributed by atoms with Crippen molar-refractivity contribution in [3.8, 4) is 0 Å². The molecule has 0 saturated heterocycles.